The van der Waals surface area contributed by atoms with E-state index in [-0.39, 0.29) is 12.0 Å². The molecule has 1 aliphatic heterocycles. The van der Waals surface area contributed by atoms with Gasteiger partial charge in [-0.2, -0.15) is 0 Å². The normalized spacial score (nSPS) is 16.0. The van der Waals surface area contributed by atoms with Crippen LogP contribution in [0.2, 0.25) is 0 Å². The van der Waals surface area contributed by atoms with E-state index in [0.29, 0.717) is 17.5 Å². The smallest absolute Gasteiger partial charge is 0.167 e. The minimum absolute atomic E-state index is 0.0282. The number of allylic oxidation sites excluding steroid dienone is 2. The monoisotopic (exact) mass is 659 g/mol. The Kier molecular flexibility index (Phi) is 6.78. The van der Waals surface area contributed by atoms with E-state index in [0.717, 1.165) is 33.4 Å². The fraction of sp³-hybridized carbons (Fsp3) is 0.0444. The Bertz CT molecular complexity index is 2640. The third-order valence-electron chi connectivity index (χ3n) is 9.69. The summed E-state index contributed by atoms with van der Waals surface area (Å²) in [5.74, 6) is 2.90. The molecule has 0 fully saturated rings. The number of thiophene rings is 1. The molecule has 0 saturated carbocycles. The topological polar surface area (TPSA) is 47.9 Å². The maximum atomic E-state index is 6.56. The first-order valence-electron chi connectivity index (χ1n) is 16.8. The predicted octanol–water partition coefficient (Wildman–Crippen LogP) is 11.5. The third kappa shape index (κ3) is 4.86. The molecule has 0 amide bonds. The van der Waals surface area contributed by atoms with Gasteiger partial charge in [0.2, 0.25) is 0 Å². The number of nitrogens with zero attached hydrogens (tertiary/aromatic N) is 3. The Morgan fingerprint density at radius 3 is 1.96 bits per heavy atom. The highest BCUT2D eigenvalue weighted by atomic mass is 32.1. The summed E-state index contributed by atoms with van der Waals surface area (Å²) in [5, 5.41) is 2.35. The van der Waals surface area contributed by atoms with E-state index in [2.05, 4.69) is 146 Å². The molecule has 6 aromatic carbocycles. The lowest BCUT2D eigenvalue weighted by molar-refractivity contribution is 0.269. The van der Waals surface area contributed by atoms with E-state index >= 15 is 0 Å². The molecule has 236 valence electrons. The SMILES string of the molecule is C1=CC2Oc3c(-c4nc(-c5ccccc5)nc(-c5cccc6sc7ccc(-c8cccc(-c9ccccc9)c8)cc7c56)n4)cccc3C2C=C1. The lowest BCUT2D eigenvalue weighted by atomic mass is 9.91. The van der Waals surface area contributed by atoms with Crippen LogP contribution in [0.1, 0.15) is 11.5 Å². The maximum absolute atomic E-state index is 6.56. The zero-order valence-electron chi connectivity index (χ0n) is 26.9. The van der Waals surface area contributed by atoms with Crippen LogP contribution in [-0.4, -0.2) is 21.1 Å². The fourth-order valence-corrected chi connectivity index (χ4v) is 8.39. The molecule has 2 aromatic heterocycles. The predicted molar refractivity (Wildman–Crippen MR) is 205 cm³/mol. The molecule has 50 heavy (non-hydrogen) atoms. The Morgan fingerprint density at radius 1 is 0.480 bits per heavy atom. The van der Waals surface area contributed by atoms with Crippen LogP contribution < -0.4 is 4.74 Å². The summed E-state index contributed by atoms with van der Waals surface area (Å²) in [6, 6.07) is 49.0. The number of hydrogen-bond acceptors (Lipinski definition) is 5. The maximum Gasteiger partial charge on any atom is 0.167 e. The summed E-state index contributed by atoms with van der Waals surface area (Å²) < 4.78 is 8.98. The van der Waals surface area contributed by atoms with E-state index < -0.39 is 0 Å². The first-order chi connectivity index (χ1) is 24.8. The van der Waals surface area contributed by atoms with Gasteiger partial charge in [0, 0.05) is 42.8 Å². The average molecular weight is 660 g/mol. The number of ether oxygens (including phenoxy) is 1. The van der Waals surface area contributed by atoms with Crippen molar-refractivity contribution >= 4 is 31.5 Å². The average Bonchev–Trinajstić information content (AvgIpc) is 3.77. The number of para-hydroxylation sites is 1. The Morgan fingerprint density at radius 2 is 1.12 bits per heavy atom. The number of fused-ring (bicyclic) bond motifs is 6. The van der Waals surface area contributed by atoms with Crippen molar-refractivity contribution in [2.45, 2.75) is 12.0 Å². The molecule has 8 aromatic rings. The van der Waals surface area contributed by atoms with Gasteiger partial charge in [0.05, 0.1) is 5.56 Å². The van der Waals surface area contributed by atoms with Crippen molar-refractivity contribution in [2.24, 2.45) is 0 Å². The van der Waals surface area contributed by atoms with Gasteiger partial charge in [-0.05, 0) is 58.7 Å². The van der Waals surface area contributed by atoms with Crippen LogP contribution in [0.15, 0.2) is 164 Å². The lowest BCUT2D eigenvalue weighted by Crippen LogP contribution is -2.15. The van der Waals surface area contributed by atoms with Gasteiger partial charge in [0.1, 0.15) is 11.9 Å². The molecule has 5 heteroatoms. The van der Waals surface area contributed by atoms with Crippen molar-refractivity contribution < 1.29 is 4.74 Å². The molecular formula is C45H29N3OS. The van der Waals surface area contributed by atoms with Crippen molar-refractivity contribution in [1.29, 1.82) is 0 Å². The summed E-state index contributed by atoms with van der Waals surface area (Å²) >= 11 is 1.80. The molecule has 2 atom stereocenters. The van der Waals surface area contributed by atoms with E-state index in [9.17, 15) is 0 Å². The summed E-state index contributed by atoms with van der Waals surface area (Å²) in [7, 11) is 0. The first kappa shape index (κ1) is 28.8. The molecule has 0 spiro atoms. The second-order valence-electron chi connectivity index (χ2n) is 12.7. The van der Waals surface area contributed by atoms with Gasteiger partial charge in [-0.1, -0.05) is 127 Å². The molecule has 4 nitrogen and oxygen atoms in total. The molecule has 2 unspecified atom stereocenters. The van der Waals surface area contributed by atoms with Crippen molar-refractivity contribution in [3.8, 4) is 62.2 Å². The highest BCUT2D eigenvalue weighted by Gasteiger charge is 2.34. The first-order valence-corrected chi connectivity index (χ1v) is 17.7. The Labute approximate surface area is 293 Å². The third-order valence-corrected chi connectivity index (χ3v) is 10.8. The highest BCUT2D eigenvalue weighted by molar-refractivity contribution is 7.26. The van der Waals surface area contributed by atoms with Crippen LogP contribution in [0, 0.1) is 0 Å². The summed E-state index contributed by atoms with van der Waals surface area (Å²) in [6.45, 7) is 0. The van der Waals surface area contributed by atoms with Crippen molar-refractivity contribution in [1.82, 2.24) is 15.0 Å². The number of aromatic nitrogens is 3. The highest BCUT2D eigenvalue weighted by Crippen LogP contribution is 2.47. The summed E-state index contributed by atoms with van der Waals surface area (Å²) in [4.78, 5) is 15.4. The molecule has 0 radical (unpaired) electrons. The zero-order valence-corrected chi connectivity index (χ0v) is 27.7. The van der Waals surface area contributed by atoms with E-state index in [1.807, 2.05) is 18.2 Å². The van der Waals surface area contributed by atoms with Gasteiger partial charge in [0.25, 0.3) is 0 Å². The lowest BCUT2D eigenvalue weighted by Gasteiger charge is -2.14. The minimum Gasteiger partial charge on any atom is -0.484 e. The van der Waals surface area contributed by atoms with Crippen LogP contribution in [0.3, 0.4) is 0 Å². The Balaban J connectivity index is 1.16. The van der Waals surface area contributed by atoms with E-state index in [1.165, 1.54) is 37.0 Å². The van der Waals surface area contributed by atoms with Crippen LogP contribution >= 0.6 is 11.3 Å². The standard InChI is InChI=1S/C45H29N3OS/c1-3-12-28(13-4-1)30-16-9-17-31(26-30)32-24-25-39-37(27-32)41-35(20-11-23-40(41)50-39)44-46-43(29-14-5-2-6-15-29)47-45(48-44)36-21-10-19-34-33-18-7-8-22-38(33)49-42(34)36/h1-27,33,38H. The van der Waals surface area contributed by atoms with Gasteiger partial charge in [-0.15, -0.1) is 11.3 Å². The molecule has 10 rings (SSSR count). The van der Waals surface area contributed by atoms with Gasteiger partial charge in [0.15, 0.2) is 17.5 Å². The van der Waals surface area contributed by atoms with Gasteiger partial charge in [-0.25, -0.2) is 15.0 Å². The second kappa shape index (κ2) is 11.8. The van der Waals surface area contributed by atoms with E-state index in [4.69, 9.17) is 19.7 Å². The van der Waals surface area contributed by atoms with Crippen LogP contribution in [-0.2, 0) is 0 Å². The van der Waals surface area contributed by atoms with E-state index in [1.54, 1.807) is 11.3 Å². The minimum atomic E-state index is -0.0282. The summed E-state index contributed by atoms with van der Waals surface area (Å²) in [5.41, 5.74) is 8.72. The van der Waals surface area contributed by atoms with Crippen molar-refractivity contribution in [2.75, 3.05) is 0 Å². The molecule has 0 N–H and O–H groups in total. The zero-order chi connectivity index (χ0) is 33.0. The molecule has 2 aliphatic rings. The van der Waals surface area contributed by atoms with Crippen LogP contribution in [0.5, 0.6) is 5.75 Å². The molecule has 0 saturated heterocycles. The van der Waals surface area contributed by atoms with Crippen molar-refractivity contribution in [3.05, 3.63) is 169 Å². The van der Waals surface area contributed by atoms with Crippen LogP contribution in [0.4, 0.5) is 0 Å². The summed E-state index contributed by atoms with van der Waals surface area (Å²) in [6.07, 6.45) is 8.45. The number of hydrogen-bond donors (Lipinski definition) is 0. The largest absolute Gasteiger partial charge is 0.484 e. The van der Waals surface area contributed by atoms with Crippen LogP contribution in [0.25, 0.3) is 76.6 Å². The second-order valence-corrected chi connectivity index (χ2v) is 13.8. The van der Waals surface area contributed by atoms with Gasteiger partial charge >= 0.3 is 0 Å². The molecule has 1 aliphatic carbocycles. The quantitative estimate of drug-likeness (QED) is 0.184. The Hall–Kier alpha value is -6.17. The van der Waals surface area contributed by atoms with Gasteiger partial charge in [-0.3, -0.25) is 0 Å². The molecule has 3 heterocycles. The number of rotatable bonds is 5. The fourth-order valence-electron chi connectivity index (χ4n) is 7.28. The van der Waals surface area contributed by atoms with Crippen molar-refractivity contribution in [3.63, 3.8) is 0 Å². The molecule has 0 bridgehead atoms. The van der Waals surface area contributed by atoms with Gasteiger partial charge < -0.3 is 4.74 Å². The number of benzene rings is 6. The molecular weight excluding hydrogens is 631 g/mol.